The SMILES string of the molecule is CCC(=O)Nc1ccc(C(=O)COC(=O)/C=C/c2cc(OC)ccc2OC)cc1. The minimum absolute atomic E-state index is 0.113. The molecule has 0 unspecified atom stereocenters. The van der Waals surface area contributed by atoms with E-state index in [1.54, 1.807) is 56.5 Å². The quantitative estimate of drug-likeness (QED) is 0.396. The highest BCUT2D eigenvalue weighted by molar-refractivity contribution is 5.99. The molecule has 1 amide bonds. The van der Waals surface area contributed by atoms with Crippen molar-refractivity contribution in [3.8, 4) is 11.5 Å². The highest BCUT2D eigenvalue weighted by Gasteiger charge is 2.10. The van der Waals surface area contributed by atoms with E-state index in [1.807, 2.05) is 0 Å². The Morgan fingerprint density at radius 2 is 1.72 bits per heavy atom. The predicted molar refractivity (Wildman–Crippen MR) is 109 cm³/mol. The highest BCUT2D eigenvalue weighted by Crippen LogP contribution is 2.25. The number of hydrogen-bond donors (Lipinski definition) is 1. The van der Waals surface area contributed by atoms with Crippen LogP contribution in [0.3, 0.4) is 0 Å². The number of methoxy groups -OCH3 is 2. The Kier molecular flexibility index (Phi) is 7.97. The molecule has 0 aromatic heterocycles. The van der Waals surface area contributed by atoms with Gasteiger partial charge in [0.2, 0.25) is 5.91 Å². The Hall–Kier alpha value is -3.61. The summed E-state index contributed by atoms with van der Waals surface area (Å²) in [6.07, 6.45) is 3.11. The van der Waals surface area contributed by atoms with Crippen molar-refractivity contribution in [2.45, 2.75) is 13.3 Å². The van der Waals surface area contributed by atoms with Gasteiger partial charge < -0.3 is 19.5 Å². The lowest BCUT2D eigenvalue weighted by Crippen LogP contribution is -2.13. The summed E-state index contributed by atoms with van der Waals surface area (Å²) in [6.45, 7) is 1.36. The van der Waals surface area contributed by atoms with Gasteiger partial charge in [-0.3, -0.25) is 9.59 Å². The number of Topliss-reactive ketones (excluding diaryl/α,β-unsaturated/α-hetero) is 1. The van der Waals surface area contributed by atoms with Crippen LogP contribution in [0.2, 0.25) is 0 Å². The smallest absolute Gasteiger partial charge is 0.331 e. The molecule has 29 heavy (non-hydrogen) atoms. The molecule has 0 aliphatic carbocycles. The molecule has 0 fully saturated rings. The van der Waals surface area contributed by atoms with E-state index < -0.39 is 5.97 Å². The van der Waals surface area contributed by atoms with E-state index in [1.165, 1.54) is 19.3 Å². The molecule has 1 N–H and O–H groups in total. The summed E-state index contributed by atoms with van der Waals surface area (Å²) >= 11 is 0. The van der Waals surface area contributed by atoms with Crippen LogP contribution in [-0.2, 0) is 14.3 Å². The predicted octanol–water partition coefficient (Wildman–Crippen LogP) is 3.49. The molecule has 0 bridgehead atoms. The summed E-state index contributed by atoms with van der Waals surface area (Å²) in [7, 11) is 3.06. The van der Waals surface area contributed by atoms with E-state index in [9.17, 15) is 14.4 Å². The van der Waals surface area contributed by atoms with Crippen molar-refractivity contribution < 1.29 is 28.6 Å². The molecular weight excluding hydrogens is 374 g/mol. The van der Waals surface area contributed by atoms with Gasteiger partial charge in [-0.2, -0.15) is 0 Å². The van der Waals surface area contributed by atoms with E-state index in [4.69, 9.17) is 14.2 Å². The second kappa shape index (κ2) is 10.7. The number of rotatable bonds is 9. The standard InChI is InChI=1S/C22H23NO6/c1-4-21(25)23-17-8-5-15(6-9-17)19(24)14-29-22(26)12-7-16-13-18(27-2)10-11-20(16)28-3/h5-13H,4,14H2,1-3H3,(H,23,25)/b12-7+. The first-order valence-electron chi connectivity index (χ1n) is 8.96. The van der Waals surface area contributed by atoms with Gasteiger partial charge in [0.25, 0.3) is 0 Å². The van der Waals surface area contributed by atoms with Gasteiger partial charge in [0.05, 0.1) is 14.2 Å². The van der Waals surface area contributed by atoms with Crippen LogP contribution in [-0.4, -0.2) is 38.5 Å². The fourth-order valence-electron chi connectivity index (χ4n) is 2.38. The van der Waals surface area contributed by atoms with Crippen LogP contribution >= 0.6 is 0 Å². The number of hydrogen-bond acceptors (Lipinski definition) is 6. The fraction of sp³-hybridized carbons (Fsp3) is 0.227. The van der Waals surface area contributed by atoms with E-state index >= 15 is 0 Å². The third-order valence-corrected chi connectivity index (χ3v) is 3.99. The topological polar surface area (TPSA) is 90.9 Å². The average molecular weight is 397 g/mol. The fourth-order valence-corrected chi connectivity index (χ4v) is 2.38. The minimum Gasteiger partial charge on any atom is -0.497 e. The van der Waals surface area contributed by atoms with E-state index in [0.29, 0.717) is 34.7 Å². The van der Waals surface area contributed by atoms with Crippen molar-refractivity contribution in [3.05, 3.63) is 59.7 Å². The Morgan fingerprint density at radius 1 is 1.00 bits per heavy atom. The molecular formula is C22H23NO6. The normalized spacial score (nSPS) is 10.4. The lowest BCUT2D eigenvalue weighted by Gasteiger charge is -2.07. The number of benzene rings is 2. The number of ether oxygens (including phenoxy) is 3. The monoisotopic (exact) mass is 397 g/mol. The lowest BCUT2D eigenvalue weighted by molar-refractivity contribution is -0.136. The van der Waals surface area contributed by atoms with Crippen LogP contribution in [0.5, 0.6) is 11.5 Å². The molecule has 0 atom stereocenters. The lowest BCUT2D eigenvalue weighted by atomic mass is 10.1. The van der Waals surface area contributed by atoms with Gasteiger partial charge in [0.1, 0.15) is 11.5 Å². The van der Waals surface area contributed by atoms with Crippen molar-refractivity contribution in [1.29, 1.82) is 0 Å². The summed E-state index contributed by atoms with van der Waals surface area (Å²) in [4.78, 5) is 35.5. The van der Waals surface area contributed by atoms with Crippen molar-refractivity contribution in [1.82, 2.24) is 0 Å². The molecule has 0 spiro atoms. The zero-order valence-corrected chi connectivity index (χ0v) is 16.6. The summed E-state index contributed by atoms with van der Waals surface area (Å²) in [6, 6.07) is 11.6. The molecule has 2 aromatic rings. The number of amides is 1. The van der Waals surface area contributed by atoms with Crippen molar-refractivity contribution >= 4 is 29.4 Å². The third-order valence-electron chi connectivity index (χ3n) is 3.99. The molecule has 0 radical (unpaired) electrons. The number of carbonyl (C=O) groups excluding carboxylic acids is 3. The first-order chi connectivity index (χ1) is 14.0. The molecule has 2 rings (SSSR count). The molecule has 0 heterocycles. The van der Waals surface area contributed by atoms with Crippen molar-refractivity contribution in [2.75, 3.05) is 26.1 Å². The van der Waals surface area contributed by atoms with Crippen LogP contribution in [0.15, 0.2) is 48.5 Å². The Morgan fingerprint density at radius 3 is 2.34 bits per heavy atom. The van der Waals surface area contributed by atoms with Gasteiger partial charge in [0, 0.05) is 29.3 Å². The second-order valence-electron chi connectivity index (χ2n) is 5.95. The maximum atomic E-state index is 12.2. The van der Waals surface area contributed by atoms with Crippen molar-refractivity contribution in [3.63, 3.8) is 0 Å². The number of carbonyl (C=O) groups is 3. The molecule has 152 valence electrons. The molecule has 7 heteroatoms. The van der Waals surface area contributed by atoms with Crippen molar-refractivity contribution in [2.24, 2.45) is 0 Å². The molecule has 0 saturated heterocycles. The van der Waals surface area contributed by atoms with Crippen LogP contribution in [0.4, 0.5) is 5.69 Å². The Balaban J connectivity index is 1.92. The Bertz CT molecular complexity index is 902. The Labute approximate surface area is 169 Å². The largest absolute Gasteiger partial charge is 0.497 e. The summed E-state index contributed by atoms with van der Waals surface area (Å²) in [5, 5.41) is 2.69. The maximum Gasteiger partial charge on any atom is 0.331 e. The van der Waals surface area contributed by atoms with E-state index in [2.05, 4.69) is 5.32 Å². The molecule has 0 aliphatic rings. The van der Waals surface area contributed by atoms with E-state index in [0.717, 1.165) is 0 Å². The molecule has 0 saturated carbocycles. The number of anilines is 1. The van der Waals surface area contributed by atoms with E-state index in [-0.39, 0.29) is 18.3 Å². The van der Waals surface area contributed by atoms with Gasteiger partial charge in [-0.25, -0.2) is 4.79 Å². The average Bonchev–Trinajstić information content (AvgIpc) is 2.76. The van der Waals surface area contributed by atoms with Gasteiger partial charge in [0.15, 0.2) is 12.4 Å². The first-order valence-corrected chi connectivity index (χ1v) is 8.96. The zero-order valence-electron chi connectivity index (χ0n) is 16.6. The summed E-state index contributed by atoms with van der Waals surface area (Å²) in [5.74, 6) is 0.0698. The third kappa shape index (κ3) is 6.49. The van der Waals surface area contributed by atoms with Crippen LogP contribution in [0, 0.1) is 0 Å². The van der Waals surface area contributed by atoms with Gasteiger partial charge >= 0.3 is 5.97 Å². The molecule has 2 aromatic carbocycles. The van der Waals surface area contributed by atoms with Crippen LogP contribution in [0.25, 0.3) is 6.08 Å². The second-order valence-corrected chi connectivity index (χ2v) is 5.95. The number of ketones is 1. The first kappa shape index (κ1) is 21.7. The summed E-state index contributed by atoms with van der Waals surface area (Å²) < 4.78 is 15.4. The molecule has 0 aliphatic heterocycles. The van der Waals surface area contributed by atoms with Crippen LogP contribution in [0.1, 0.15) is 29.3 Å². The maximum absolute atomic E-state index is 12.2. The minimum atomic E-state index is -0.657. The van der Waals surface area contributed by atoms with Gasteiger partial charge in [-0.1, -0.05) is 6.92 Å². The van der Waals surface area contributed by atoms with Gasteiger partial charge in [-0.15, -0.1) is 0 Å². The summed E-state index contributed by atoms with van der Waals surface area (Å²) in [5.41, 5.74) is 1.62. The number of esters is 1. The van der Waals surface area contributed by atoms with Crippen LogP contribution < -0.4 is 14.8 Å². The highest BCUT2D eigenvalue weighted by atomic mass is 16.5. The van der Waals surface area contributed by atoms with Gasteiger partial charge in [-0.05, 0) is 48.5 Å². The zero-order chi connectivity index (χ0) is 21.2. The number of nitrogens with one attached hydrogen (secondary N) is 1. The molecule has 7 nitrogen and oxygen atoms in total.